The normalized spacial score (nSPS) is 20.1. The van der Waals surface area contributed by atoms with Gasteiger partial charge in [0.05, 0.1) is 29.8 Å². The second kappa shape index (κ2) is 8.36. The topological polar surface area (TPSA) is 122 Å². The second-order valence-corrected chi connectivity index (χ2v) is 8.10. The summed E-state index contributed by atoms with van der Waals surface area (Å²) in [6.45, 7) is 11.3. The highest BCUT2D eigenvalue weighted by atomic mass is 16.3. The molecule has 0 radical (unpaired) electrons. The molecule has 2 aliphatic heterocycles. The first kappa shape index (κ1) is 21.0. The molecule has 1 aromatic heterocycles. The molecular weight excluding hydrogens is 378 g/mol. The number of aromatic nitrogens is 1. The summed E-state index contributed by atoms with van der Waals surface area (Å²) in [4.78, 5) is 6.16. The molecule has 0 aliphatic carbocycles. The van der Waals surface area contributed by atoms with E-state index in [4.69, 9.17) is 11.1 Å². The van der Waals surface area contributed by atoms with Gasteiger partial charge >= 0.3 is 0 Å². The maximum Gasteiger partial charge on any atom is 0.143 e. The molecule has 2 aliphatic rings. The van der Waals surface area contributed by atoms with Crippen LogP contribution in [0.15, 0.2) is 77.9 Å². The Morgan fingerprint density at radius 2 is 2.17 bits per heavy atom. The summed E-state index contributed by atoms with van der Waals surface area (Å²) in [5, 5.41) is 28.2. The average Bonchev–Trinajstić information content (AvgIpc) is 2.66. The maximum atomic E-state index is 10.4. The molecule has 8 nitrogen and oxygen atoms in total. The number of pyridine rings is 1. The predicted octanol–water partition coefficient (Wildman–Crippen LogP) is 2.59. The first-order chi connectivity index (χ1) is 14.1. The fourth-order valence-electron chi connectivity index (χ4n) is 3.35. The van der Waals surface area contributed by atoms with E-state index in [9.17, 15) is 5.11 Å². The Kier molecular flexibility index (Phi) is 5.86. The van der Waals surface area contributed by atoms with Crippen molar-refractivity contribution >= 4 is 11.5 Å². The van der Waals surface area contributed by atoms with Crippen LogP contribution in [-0.4, -0.2) is 39.5 Å². The van der Waals surface area contributed by atoms with Gasteiger partial charge in [0, 0.05) is 35.8 Å². The van der Waals surface area contributed by atoms with E-state index in [1.165, 1.54) is 0 Å². The number of aliphatic hydroxyl groups excluding tert-OH is 1. The van der Waals surface area contributed by atoms with Gasteiger partial charge in [0.1, 0.15) is 17.3 Å². The van der Waals surface area contributed by atoms with Crippen molar-refractivity contribution in [3.63, 3.8) is 0 Å². The first-order valence-corrected chi connectivity index (χ1v) is 9.68. The number of allylic oxidation sites excluding steroid dienone is 2. The van der Waals surface area contributed by atoms with Gasteiger partial charge in [0.15, 0.2) is 0 Å². The van der Waals surface area contributed by atoms with E-state index in [0.29, 0.717) is 36.0 Å². The highest BCUT2D eigenvalue weighted by molar-refractivity contribution is 5.91. The fourth-order valence-corrected chi connectivity index (χ4v) is 3.35. The minimum absolute atomic E-state index is 0.00503. The number of nitrogens with two attached hydrogens (primary N) is 1. The van der Waals surface area contributed by atoms with Crippen molar-refractivity contribution in [2.45, 2.75) is 26.3 Å². The van der Waals surface area contributed by atoms with Gasteiger partial charge in [-0.25, -0.2) is 0 Å². The fraction of sp³-hybridized carbons (Fsp3) is 0.273. The number of hydrogen-bond donors (Lipinski definition) is 6. The smallest absolute Gasteiger partial charge is 0.143 e. The highest BCUT2D eigenvalue weighted by Crippen LogP contribution is 2.19. The van der Waals surface area contributed by atoms with Crippen LogP contribution in [-0.2, 0) is 0 Å². The van der Waals surface area contributed by atoms with Crippen molar-refractivity contribution in [3.05, 3.63) is 83.6 Å². The molecule has 0 amide bonds. The van der Waals surface area contributed by atoms with Crippen LogP contribution in [0.5, 0.6) is 0 Å². The summed E-state index contributed by atoms with van der Waals surface area (Å²) in [6, 6.07) is 3.81. The molecule has 1 aromatic rings. The van der Waals surface area contributed by atoms with Crippen molar-refractivity contribution in [3.8, 4) is 0 Å². The summed E-state index contributed by atoms with van der Waals surface area (Å²) in [5.74, 6) is 0.337. The molecule has 8 heteroatoms. The number of nitrogens with one attached hydrogen (secondary N) is 4. The Hall–Kier alpha value is -3.68. The van der Waals surface area contributed by atoms with Crippen LogP contribution in [0, 0.1) is 12.3 Å². The zero-order chi connectivity index (χ0) is 21.9. The largest absolute Gasteiger partial charge is 0.506 e. The van der Waals surface area contributed by atoms with E-state index >= 15 is 0 Å². The molecule has 3 heterocycles. The Balaban J connectivity index is 1.66. The van der Waals surface area contributed by atoms with Crippen LogP contribution in [0.25, 0.3) is 0 Å². The lowest BCUT2D eigenvalue weighted by atomic mass is 10.0. The van der Waals surface area contributed by atoms with Crippen LogP contribution >= 0.6 is 0 Å². The highest BCUT2D eigenvalue weighted by Gasteiger charge is 2.28. The van der Waals surface area contributed by atoms with E-state index in [-0.39, 0.29) is 11.3 Å². The molecule has 158 valence electrons. The molecule has 0 unspecified atom stereocenters. The Morgan fingerprint density at radius 3 is 2.80 bits per heavy atom. The van der Waals surface area contributed by atoms with Crippen LogP contribution < -0.4 is 21.7 Å². The summed E-state index contributed by atoms with van der Waals surface area (Å²) in [7, 11) is 0. The molecule has 0 saturated carbocycles. The van der Waals surface area contributed by atoms with Gasteiger partial charge in [-0.15, -0.1) is 0 Å². The lowest BCUT2D eigenvalue weighted by Crippen LogP contribution is -2.56. The molecular formula is C22H29N7O. The number of amidine groups is 1. The van der Waals surface area contributed by atoms with E-state index in [1.807, 2.05) is 24.0 Å². The third kappa shape index (κ3) is 5.22. The molecule has 0 bridgehead atoms. The Bertz CT molecular complexity index is 968. The number of piperazine rings is 1. The van der Waals surface area contributed by atoms with E-state index in [1.54, 1.807) is 30.6 Å². The van der Waals surface area contributed by atoms with Crippen LogP contribution in [0.3, 0.4) is 0 Å². The summed E-state index contributed by atoms with van der Waals surface area (Å²) < 4.78 is 0. The predicted molar refractivity (Wildman–Crippen MR) is 121 cm³/mol. The second-order valence-electron chi connectivity index (χ2n) is 8.10. The number of hydrogen-bond acceptors (Lipinski definition) is 7. The minimum Gasteiger partial charge on any atom is -0.506 e. The molecule has 3 rings (SSSR count). The van der Waals surface area contributed by atoms with Crippen molar-refractivity contribution in [1.82, 2.24) is 20.5 Å². The lowest BCUT2D eigenvalue weighted by Gasteiger charge is -2.41. The van der Waals surface area contributed by atoms with Crippen molar-refractivity contribution in [2.24, 2.45) is 5.73 Å². The van der Waals surface area contributed by atoms with Gasteiger partial charge in [-0.05, 0) is 45.1 Å². The number of aliphatic hydroxyl groups is 1. The van der Waals surface area contributed by atoms with Gasteiger partial charge in [0.25, 0.3) is 0 Å². The van der Waals surface area contributed by atoms with Gasteiger partial charge in [-0.2, -0.15) is 0 Å². The van der Waals surface area contributed by atoms with Gasteiger partial charge < -0.3 is 31.7 Å². The molecule has 0 aromatic carbocycles. The number of rotatable bonds is 4. The molecule has 30 heavy (non-hydrogen) atoms. The molecule has 0 atom stereocenters. The summed E-state index contributed by atoms with van der Waals surface area (Å²) in [6.07, 6.45) is 8.26. The first-order valence-electron chi connectivity index (χ1n) is 9.68. The SMILES string of the molecule is C=C1CN(C(=N)/C=C\C(N)=C2/NC=C(Nc3ccc(C)nc3)C=C2O)CC(C)(C)N1. The van der Waals surface area contributed by atoms with E-state index < -0.39 is 0 Å². The zero-order valence-corrected chi connectivity index (χ0v) is 17.6. The third-order valence-electron chi connectivity index (χ3n) is 4.65. The molecule has 1 fully saturated rings. The van der Waals surface area contributed by atoms with E-state index in [0.717, 1.165) is 17.1 Å². The molecule has 0 spiro atoms. The summed E-state index contributed by atoms with van der Waals surface area (Å²) in [5.41, 5.74) is 9.98. The monoisotopic (exact) mass is 407 g/mol. The van der Waals surface area contributed by atoms with Crippen molar-refractivity contribution < 1.29 is 5.11 Å². The standard InChI is InChI=1S/C22H29N7O/c1-14-5-6-16(10-25-14)27-17-9-19(30)21(26-11-17)18(23)7-8-20(24)29-12-15(2)28-22(3,4)13-29/h5-11,24,26-28,30H,2,12-13,23H2,1,3-4H3/b8-7-,21-18+,24-20?. The molecule has 1 saturated heterocycles. The number of anilines is 1. The minimum atomic E-state index is -0.160. The van der Waals surface area contributed by atoms with E-state index in [2.05, 4.69) is 41.4 Å². The maximum absolute atomic E-state index is 10.4. The number of aryl methyl sites for hydroxylation is 1. The lowest BCUT2D eigenvalue weighted by molar-refractivity contribution is 0.259. The van der Waals surface area contributed by atoms with Crippen LogP contribution in [0.1, 0.15) is 19.5 Å². The van der Waals surface area contributed by atoms with Crippen LogP contribution in [0.4, 0.5) is 5.69 Å². The van der Waals surface area contributed by atoms with Crippen molar-refractivity contribution in [2.75, 3.05) is 18.4 Å². The Labute approximate surface area is 177 Å². The number of dihydropyridines is 1. The Morgan fingerprint density at radius 1 is 1.40 bits per heavy atom. The number of nitrogens with zero attached hydrogens (tertiary/aromatic N) is 2. The van der Waals surface area contributed by atoms with Gasteiger partial charge in [-0.1, -0.05) is 6.58 Å². The van der Waals surface area contributed by atoms with Gasteiger partial charge in [0.2, 0.25) is 0 Å². The molecule has 7 N–H and O–H groups in total. The zero-order valence-electron chi connectivity index (χ0n) is 17.6. The van der Waals surface area contributed by atoms with Crippen LogP contribution in [0.2, 0.25) is 0 Å². The third-order valence-corrected chi connectivity index (χ3v) is 4.65. The van der Waals surface area contributed by atoms with Crippen molar-refractivity contribution in [1.29, 1.82) is 5.41 Å². The summed E-state index contributed by atoms with van der Waals surface area (Å²) >= 11 is 0. The van der Waals surface area contributed by atoms with Gasteiger partial charge in [-0.3, -0.25) is 10.4 Å². The quantitative estimate of drug-likeness (QED) is 0.335. The average molecular weight is 408 g/mol.